The summed E-state index contributed by atoms with van der Waals surface area (Å²) in [5.74, 6) is -1.40. The van der Waals surface area contributed by atoms with Gasteiger partial charge in [0.15, 0.2) is 0 Å². The number of aromatic carboxylic acids is 1. The molecule has 1 heterocycles. The number of nitrogens with zero attached hydrogens (tertiary/aromatic N) is 1. The number of carboxylic acid groups (broad SMARTS) is 1. The second-order valence-electron chi connectivity index (χ2n) is 5.46. The van der Waals surface area contributed by atoms with Crippen LogP contribution in [0.4, 0.5) is 5.69 Å². The number of aromatic nitrogens is 1. The van der Waals surface area contributed by atoms with Crippen LogP contribution in [0.1, 0.15) is 26.4 Å². The smallest absolute Gasteiger partial charge is 0.337 e. The van der Waals surface area contributed by atoms with E-state index in [0.29, 0.717) is 17.9 Å². The molecule has 0 atom stereocenters. The molecule has 3 aromatic rings. The van der Waals surface area contributed by atoms with Crippen LogP contribution in [-0.4, -0.2) is 21.6 Å². The van der Waals surface area contributed by atoms with E-state index in [-0.39, 0.29) is 16.5 Å². The summed E-state index contributed by atoms with van der Waals surface area (Å²) in [6, 6.07) is 17.7. The van der Waals surface area contributed by atoms with Gasteiger partial charge in [-0.1, -0.05) is 41.9 Å². The molecule has 0 bridgehead atoms. The Morgan fingerprint density at radius 2 is 1.80 bits per heavy atom. The molecule has 6 heteroatoms. The molecule has 0 fully saturated rings. The zero-order valence-corrected chi connectivity index (χ0v) is 13.9. The molecule has 0 radical (unpaired) electrons. The lowest BCUT2D eigenvalue weighted by Crippen LogP contribution is -2.17. The normalized spacial score (nSPS) is 10.4. The summed E-state index contributed by atoms with van der Waals surface area (Å²) < 4.78 is 1.85. The van der Waals surface area contributed by atoms with Gasteiger partial charge in [0.1, 0.15) is 5.69 Å². The largest absolute Gasteiger partial charge is 0.478 e. The molecule has 0 saturated carbocycles. The molecular formula is C19H15ClN2O3. The van der Waals surface area contributed by atoms with Crippen molar-refractivity contribution in [2.24, 2.45) is 0 Å². The molecule has 25 heavy (non-hydrogen) atoms. The lowest BCUT2D eigenvalue weighted by Gasteiger charge is -2.11. The van der Waals surface area contributed by atoms with Crippen molar-refractivity contribution in [3.63, 3.8) is 0 Å². The second-order valence-corrected chi connectivity index (χ2v) is 5.87. The van der Waals surface area contributed by atoms with Crippen molar-refractivity contribution in [3.8, 4) is 0 Å². The van der Waals surface area contributed by atoms with Gasteiger partial charge in [-0.15, -0.1) is 0 Å². The Bertz CT molecular complexity index is 919. The van der Waals surface area contributed by atoms with Crippen LogP contribution in [0.3, 0.4) is 0 Å². The van der Waals surface area contributed by atoms with E-state index in [1.54, 1.807) is 12.1 Å². The van der Waals surface area contributed by atoms with Crippen LogP contribution in [0.5, 0.6) is 0 Å². The third kappa shape index (κ3) is 3.89. The first-order chi connectivity index (χ1) is 12.0. The summed E-state index contributed by atoms with van der Waals surface area (Å²) in [7, 11) is 0. The number of hydrogen-bond donors (Lipinski definition) is 2. The topological polar surface area (TPSA) is 71.3 Å². The molecule has 2 aromatic carbocycles. The maximum Gasteiger partial charge on any atom is 0.337 e. The average Bonchev–Trinajstić information content (AvgIpc) is 3.03. The van der Waals surface area contributed by atoms with Crippen LogP contribution in [-0.2, 0) is 6.54 Å². The summed E-state index contributed by atoms with van der Waals surface area (Å²) in [6.45, 7) is 0.579. The van der Waals surface area contributed by atoms with Crippen molar-refractivity contribution in [3.05, 3.63) is 88.7 Å². The van der Waals surface area contributed by atoms with Crippen LogP contribution >= 0.6 is 11.6 Å². The third-order valence-electron chi connectivity index (χ3n) is 3.72. The van der Waals surface area contributed by atoms with Crippen LogP contribution < -0.4 is 5.32 Å². The third-order valence-corrected chi connectivity index (χ3v) is 4.03. The summed E-state index contributed by atoms with van der Waals surface area (Å²) in [6.07, 6.45) is 1.84. The molecule has 126 valence electrons. The quantitative estimate of drug-likeness (QED) is 0.723. The van der Waals surface area contributed by atoms with Crippen molar-refractivity contribution in [1.29, 1.82) is 0 Å². The Kier molecular flexibility index (Phi) is 4.86. The number of benzene rings is 2. The first-order valence-corrected chi connectivity index (χ1v) is 7.95. The summed E-state index contributed by atoms with van der Waals surface area (Å²) in [5, 5.41) is 11.8. The monoisotopic (exact) mass is 354 g/mol. The van der Waals surface area contributed by atoms with Gasteiger partial charge >= 0.3 is 5.97 Å². The fraction of sp³-hybridized carbons (Fsp3) is 0.0526. The van der Waals surface area contributed by atoms with E-state index < -0.39 is 5.97 Å². The number of halogens is 1. The minimum Gasteiger partial charge on any atom is -0.478 e. The predicted molar refractivity (Wildman–Crippen MR) is 96.3 cm³/mol. The maximum atomic E-state index is 12.5. The lowest BCUT2D eigenvalue weighted by atomic mass is 10.2. The first kappa shape index (κ1) is 16.8. The van der Waals surface area contributed by atoms with E-state index in [2.05, 4.69) is 5.32 Å². The standard InChI is InChI=1S/C19H15ClN2O3/c20-16-11-14(8-9-15(16)19(24)25)21-18(23)17-7-4-10-22(17)12-13-5-2-1-3-6-13/h1-11H,12H2,(H,21,23)(H,24,25). The van der Waals surface area contributed by atoms with Gasteiger partial charge in [0, 0.05) is 18.4 Å². The maximum absolute atomic E-state index is 12.5. The highest BCUT2D eigenvalue weighted by Crippen LogP contribution is 2.21. The minimum absolute atomic E-state index is 0.00730. The SMILES string of the molecule is O=C(O)c1ccc(NC(=O)c2cccn2Cc2ccccc2)cc1Cl. The predicted octanol–water partition coefficient (Wildman–Crippen LogP) is 4.14. The van der Waals surface area contributed by atoms with E-state index in [0.717, 1.165) is 5.56 Å². The van der Waals surface area contributed by atoms with Crippen LogP contribution in [0.2, 0.25) is 5.02 Å². The number of nitrogens with one attached hydrogen (secondary N) is 1. The molecule has 1 aromatic heterocycles. The molecule has 0 saturated heterocycles. The number of amides is 1. The van der Waals surface area contributed by atoms with Crippen molar-refractivity contribution in [2.75, 3.05) is 5.32 Å². The Morgan fingerprint density at radius 3 is 2.48 bits per heavy atom. The molecule has 0 unspecified atom stereocenters. The van der Waals surface area contributed by atoms with Gasteiger partial charge in [0.2, 0.25) is 0 Å². The average molecular weight is 355 g/mol. The van der Waals surface area contributed by atoms with E-state index in [4.69, 9.17) is 16.7 Å². The van der Waals surface area contributed by atoms with Gasteiger partial charge < -0.3 is 15.0 Å². The van der Waals surface area contributed by atoms with Crippen LogP contribution in [0, 0.1) is 0 Å². The minimum atomic E-state index is -1.11. The number of carbonyl (C=O) groups is 2. The molecule has 1 amide bonds. The van der Waals surface area contributed by atoms with Gasteiger partial charge in [-0.2, -0.15) is 0 Å². The Labute approximate surface area is 149 Å². The Balaban J connectivity index is 1.77. The van der Waals surface area contributed by atoms with Gasteiger partial charge in [-0.25, -0.2) is 4.79 Å². The van der Waals surface area contributed by atoms with Crippen molar-refractivity contribution in [2.45, 2.75) is 6.54 Å². The van der Waals surface area contributed by atoms with Gasteiger partial charge in [-0.3, -0.25) is 4.79 Å². The molecule has 0 aliphatic rings. The van der Waals surface area contributed by atoms with E-state index >= 15 is 0 Å². The first-order valence-electron chi connectivity index (χ1n) is 7.58. The molecule has 0 spiro atoms. The molecule has 5 nitrogen and oxygen atoms in total. The molecular weight excluding hydrogens is 340 g/mol. The van der Waals surface area contributed by atoms with Gasteiger partial charge in [0.25, 0.3) is 5.91 Å². The Hall–Kier alpha value is -3.05. The second kappa shape index (κ2) is 7.23. The number of carboxylic acids is 1. The highest BCUT2D eigenvalue weighted by molar-refractivity contribution is 6.33. The van der Waals surface area contributed by atoms with E-state index in [1.165, 1.54) is 18.2 Å². The van der Waals surface area contributed by atoms with Gasteiger partial charge in [-0.05, 0) is 35.9 Å². The number of anilines is 1. The van der Waals surface area contributed by atoms with Crippen LogP contribution in [0.15, 0.2) is 66.9 Å². The lowest BCUT2D eigenvalue weighted by molar-refractivity contribution is 0.0697. The molecule has 3 rings (SSSR count). The van der Waals surface area contributed by atoms with Gasteiger partial charge in [0.05, 0.1) is 10.6 Å². The highest BCUT2D eigenvalue weighted by Gasteiger charge is 2.14. The molecule has 2 N–H and O–H groups in total. The fourth-order valence-corrected chi connectivity index (χ4v) is 2.76. The Morgan fingerprint density at radius 1 is 1.04 bits per heavy atom. The van der Waals surface area contributed by atoms with Crippen molar-refractivity contribution < 1.29 is 14.7 Å². The number of hydrogen-bond acceptors (Lipinski definition) is 2. The highest BCUT2D eigenvalue weighted by atomic mass is 35.5. The number of carbonyl (C=O) groups excluding carboxylic acids is 1. The summed E-state index contributed by atoms with van der Waals surface area (Å²) in [5.41, 5.74) is 2.02. The van der Waals surface area contributed by atoms with E-state index in [1.807, 2.05) is 41.1 Å². The number of rotatable bonds is 5. The fourth-order valence-electron chi connectivity index (χ4n) is 2.50. The molecule has 0 aliphatic heterocycles. The zero-order valence-electron chi connectivity index (χ0n) is 13.1. The summed E-state index contributed by atoms with van der Waals surface area (Å²) >= 11 is 5.93. The van der Waals surface area contributed by atoms with Crippen molar-refractivity contribution in [1.82, 2.24) is 4.57 Å². The van der Waals surface area contributed by atoms with E-state index in [9.17, 15) is 9.59 Å². The van der Waals surface area contributed by atoms with Crippen LogP contribution in [0.25, 0.3) is 0 Å². The zero-order chi connectivity index (χ0) is 17.8. The summed E-state index contributed by atoms with van der Waals surface area (Å²) in [4.78, 5) is 23.5. The molecule has 0 aliphatic carbocycles. The van der Waals surface area contributed by atoms with Crippen molar-refractivity contribution >= 4 is 29.2 Å².